The number of hydrogen-bond donors (Lipinski definition) is 1. The Labute approximate surface area is 188 Å². The third-order valence-corrected chi connectivity index (χ3v) is 7.53. The molecule has 4 heterocycles. The van der Waals surface area contributed by atoms with Gasteiger partial charge in [-0.3, -0.25) is 4.98 Å². The minimum absolute atomic E-state index is 0.108. The molecule has 3 aromatic rings. The molecule has 6 heteroatoms. The molecule has 1 aromatic carbocycles. The largest absolute Gasteiger partial charge is 0.487 e. The highest BCUT2D eigenvalue weighted by atomic mass is 32.1. The van der Waals surface area contributed by atoms with Crippen molar-refractivity contribution in [2.24, 2.45) is 0 Å². The Kier molecular flexibility index (Phi) is 4.83. The molecule has 0 atom stereocenters. The monoisotopic (exact) mass is 434 g/mol. The van der Waals surface area contributed by atoms with Crippen molar-refractivity contribution in [3.8, 4) is 27.3 Å². The van der Waals surface area contributed by atoms with Crippen molar-refractivity contribution in [3.05, 3.63) is 48.4 Å². The molecular formula is C25H30N4OS. The fourth-order valence-corrected chi connectivity index (χ4v) is 6.33. The van der Waals surface area contributed by atoms with Crippen LogP contribution in [0.1, 0.15) is 46.2 Å². The van der Waals surface area contributed by atoms with Gasteiger partial charge in [-0.05, 0) is 75.9 Å². The molecule has 0 unspecified atom stereocenters. The molecule has 2 aliphatic rings. The summed E-state index contributed by atoms with van der Waals surface area (Å²) in [6, 6.07) is 11.0. The number of pyridine rings is 1. The van der Waals surface area contributed by atoms with Gasteiger partial charge in [-0.15, -0.1) is 0 Å². The number of nitrogens with zero attached hydrogens (tertiary/aromatic N) is 3. The van der Waals surface area contributed by atoms with Crippen LogP contribution in [0.2, 0.25) is 0 Å². The van der Waals surface area contributed by atoms with Crippen molar-refractivity contribution in [1.29, 1.82) is 0 Å². The van der Waals surface area contributed by atoms with E-state index in [0.29, 0.717) is 12.6 Å². The number of piperidine rings is 1. The van der Waals surface area contributed by atoms with Gasteiger partial charge in [-0.25, -0.2) is 4.98 Å². The second-order valence-electron chi connectivity index (χ2n) is 10.1. The van der Waals surface area contributed by atoms with Gasteiger partial charge in [0.15, 0.2) is 5.13 Å². The molecule has 0 saturated carbocycles. The van der Waals surface area contributed by atoms with E-state index in [2.05, 4.69) is 68.1 Å². The predicted molar refractivity (Wildman–Crippen MR) is 128 cm³/mol. The van der Waals surface area contributed by atoms with Gasteiger partial charge in [0.05, 0.1) is 10.6 Å². The predicted octanol–water partition coefficient (Wildman–Crippen LogP) is 5.51. The minimum atomic E-state index is 0.108. The summed E-state index contributed by atoms with van der Waals surface area (Å²) in [5.74, 6) is 0.934. The van der Waals surface area contributed by atoms with E-state index in [0.717, 1.165) is 46.1 Å². The van der Waals surface area contributed by atoms with Crippen molar-refractivity contribution in [1.82, 2.24) is 15.3 Å². The second-order valence-corrected chi connectivity index (χ2v) is 11.1. The summed E-state index contributed by atoms with van der Waals surface area (Å²) in [7, 11) is 2.20. The molecule has 1 fully saturated rings. The smallest absolute Gasteiger partial charge is 0.186 e. The molecule has 0 spiro atoms. The number of aromatic nitrogens is 2. The fraction of sp³-hybridized carbons (Fsp3) is 0.440. The quantitative estimate of drug-likeness (QED) is 0.589. The van der Waals surface area contributed by atoms with Gasteiger partial charge >= 0.3 is 0 Å². The van der Waals surface area contributed by atoms with E-state index in [4.69, 9.17) is 9.72 Å². The van der Waals surface area contributed by atoms with E-state index in [-0.39, 0.29) is 11.1 Å². The summed E-state index contributed by atoms with van der Waals surface area (Å²) in [4.78, 5) is 12.7. The Morgan fingerprint density at radius 1 is 1.03 bits per heavy atom. The number of ether oxygens (including phenoxy) is 1. The molecule has 2 aromatic heterocycles. The average Bonchev–Trinajstić information content (AvgIpc) is 3.16. The van der Waals surface area contributed by atoms with Gasteiger partial charge in [0.2, 0.25) is 0 Å². The summed E-state index contributed by atoms with van der Waals surface area (Å²) in [5, 5.41) is 4.86. The maximum atomic E-state index is 6.12. The Morgan fingerprint density at radius 2 is 1.74 bits per heavy atom. The van der Waals surface area contributed by atoms with Gasteiger partial charge in [0.25, 0.3) is 0 Å². The van der Waals surface area contributed by atoms with Crippen LogP contribution in [0.15, 0.2) is 42.7 Å². The zero-order chi connectivity index (χ0) is 21.8. The summed E-state index contributed by atoms with van der Waals surface area (Å²) in [5.41, 5.74) is 4.69. The lowest BCUT2D eigenvalue weighted by atomic mass is 9.79. The van der Waals surface area contributed by atoms with E-state index >= 15 is 0 Å². The number of rotatable bonds is 3. The van der Waals surface area contributed by atoms with Crippen LogP contribution in [0, 0.1) is 0 Å². The maximum Gasteiger partial charge on any atom is 0.186 e. The standard InChI is InChI=1S/C25H30N4OS/c1-24(2)13-18(14-25(3,4)28-24)29(5)23-27-20-15-30-21-12-17(16-8-10-26-11-9-16)6-7-19(21)22(20)31-23/h6-12,18,28H,13-15H2,1-5H3. The maximum absolute atomic E-state index is 6.12. The molecule has 0 radical (unpaired) electrons. The highest BCUT2D eigenvalue weighted by Gasteiger charge is 2.40. The molecule has 0 amide bonds. The number of nitrogens with one attached hydrogen (secondary N) is 1. The first kappa shape index (κ1) is 20.5. The van der Waals surface area contributed by atoms with Gasteiger partial charge in [0.1, 0.15) is 12.4 Å². The van der Waals surface area contributed by atoms with E-state index in [1.165, 1.54) is 4.88 Å². The number of benzene rings is 1. The summed E-state index contributed by atoms with van der Waals surface area (Å²) in [6.45, 7) is 9.71. The minimum Gasteiger partial charge on any atom is -0.487 e. The molecule has 5 nitrogen and oxygen atoms in total. The first-order valence-corrected chi connectivity index (χ1v) is 11.7. The van der Waals surface area contributed by atoms with Crippen molar-refractivity contribution in [2.75, 3.05) is 11.9 Å². The van der Waals surface area contributed by atoms with E-state index in [9.17, 15) is 0 Å². The highest BCUT2D eigenvalue weighted by molar-refractivity contribution is 7.19. The van der Waals surface area contributed by atoms with Crippen LogP contribution in [0.5, 0.6) is 5.75 Å². The SMILES string of the molecule is CN(c1nc2c(s1)-c1ccc(-c3ccncc3)cc1OC2)C1CC(C)(C)NC(C)(C)C1. The van der Waals surface area contributed by atoms with E-state index in [1.807, 2.05) is 24.5 Å². The molecule has 2 aliphatic heterocycles. The van der Waals surface area contributed by atoms with E-state index in [1.54, 1.807) is 11.3 Å². The Balaban J connectivity index is 1.45. The van der Waals surface area contributed by atoms with Gasteiger partial charge < -0.3 is 15.0 Å². The number of hydrogen-bond acceptors (Lipinski definition) is 6. The van der Waals surface area contributed by atoms with Gasteiger partial charge in [0, 0.05) is 42.1 Å². The highest BCUT2D eigenvalue weighted by Crippen LogP contribution is 2.45. The zero-order valence-electron chi connectivity index (χ0n) is 18.9. The third-order valence-electron chi connectivity index (χ3n) is 6.31. The second kappa shape index (κ2) is 7.31. The van der Waals surface area contributed by atoms with Crippen LogP contribution in [0.3, 0.4) is 0 Å². The summed E-state index contributed by atoms with van der Waals surface area (Å²) in [6.07, 6.45) is 5.84. The topological polar surface area (TPSA) is 50.3 Å². The lowest BCUT2D eigenvalue weighted by molar-refractivity contribution is 0.161. The molecule has 162 valence electrons. The third kappa shape index (κ3) is 3.94. The summed E-state index contributed by atoms with van der Waals surface area (Å²) >= 11 is 1.79. The lowest BCUT2D eigenvalue weighted by Gasteiger charge is -2.48. The zero-order valence-corrected chi connectivity index (χ0v) is 19.7. The fourth-order valence-electron chi connectivity index (χ4n) is 5.20. The molecule has 1 saturated heterocycles. The van der Waals surface area contributed by atoms with Gasteiger partial charge in [-0.1, -0.05) is 17.4 Å². The van der Waals surface area contributed by atoms with Crippen molar-refractivity contribution in [2.45, 2.75) is 64.3 Å². The van der Waals surface area contributed by atoms with Crippen LogP contribution in [-0.2, 0) is 6.61 Å². The normalized spacial score (nSPS) is 19.3. The Hall–Kier alpha value is -2.44. The molecule has 5 rings (SSSR count). The van der Waals surface area contributed by atoms with Crippen LogP contribution in [0.4, 0.5) is 5.13 Å². The van der Waals surface area contributed by atoms with Crippen molar-refractivity contribution >= 4 is 16.5 Å². The molecule has 0 bridgehead atoms. The molecule has 31 heavy (non-hydrogen) atoms. The summed E-state index contributed by atoms with van der Waals surface area (Å²) < 4.78 is 6.12. The van der Waals surface area contributed by atoms with Crippen molar-refractivity contribution < 1.29 is 4.74 Å². The van der Waals surface area contributed by atoms with Crippen molar-refractivity contribution in [3.63, 3.8) is 0 Å². The van der Waals surface area contributed by atoms with Crippen LogP contribution < -0.4 is 15.0 Å². The van der Waals surface area contributed by atoms with E-state index < -0.39 is 0 Å². The van der Waals surface area contributed by atoms with Crippen LogP contribution in [0.25, 0.3) is 21.6 Å². The van der Waals surface area contributed by atoms with Crippen LogP contribution >= 0.6 is 11.3 Å². The van der Waals surface area contributed by atoms with Crippen LogP contribution in [-0.4, -0.2) is 34.1 Å². The lowest BCUT2D eigenvalue weighted by Crippen LogP contribution is -2.61. The number of thiazole rings is 1. The Bertz CT molecular complexity index is 1090. The number of fused-ring (bicyclic) bond motifs is 3. The molecular weight excluding hydrogens is 404 g/mol. The first-order valence-electron chi connectivity index (χ1n) is 10.9. The first-order chi connectivity index (χ1) is 14.7. The molecule has 1 N–H and O–H groups in total. The van der Waals surface area contributed by atoms with Gasteiger partial charge in [-0.2, -0.15) is 0 Å². The Morgan fingerprint density at radius 3 is 2.45 bits per heavy atom. The molecule has 0 aliphatic carbocycles. The number of anilines is 1. The average molecular weight is 435 g/mol.